The Bertz CT molecular complexity index is 595. The number of nitrogens with zero attached hydrogens (tertiary/aromatic N) is 3. The average Bonchev–Trinajstić information content (AvgIpc) is 2.57. The lowest BCUT2D eigenvalue weighted by Crippen LogP contribution is -2.15. The molecule has 18 heavy (non-hydrogen) atoms. The van der Waals surface area contributed by atoms with Crippen LogP contribution in [0.25, 0.3) is 0 Å². The van der Waals surface area contributed by atoms with Gasteiger partial charge in [0.2, 0.25) is 6.41 Å². The van der Waals surface area contributed by atoms with Crippen molar-refractivity contribution >= 4 is 41.0 Å². The minimum atomic E-state index is 0.402. The lowest BCUT2D eigenvalue weighted by molar-refractivity contribution is -0.106. The van der Waals surface area contributed by atoms with Crippen LogP contribution < -0.4 is 4.90 Å². The van der Waals surface area contributed by atoms with E-state index in [1.807, 2.05) is 0 Å². The highest BCUT2D eigenvalue weighted by atomic mass is 35.5. The number of aromatic nitrogens is 2. The number of rotatable bonds is 3. The highest BCUT2D eigenvalue weighted by Crippen LogP contribution is 2.34. The van der Waals surface area contributed by atoms with Crippen LogP contribution in [0.2, 0.25) is 10.2 Å². The topological polar surface area (TPSA) is 38.1 Å². The molecule has 4 nitrogen and oxygen atoms in total. The van der Waals surface area contributed by atoms with Gasteiger partial charge in [0.1, 0.15) is 5.69 Å². The number of amides is 1. The van der Waals surface area contributed by atoms with Gasteiger partial charge in [-0.05, 0) is 25.1 Å². The number of carbonyl (C=O) groups is 1. The maximum absolute atomic E-state index is 11.3. The van der Waals surface area contributed by atoms with Crippen LogP contribution in [0.1, 0.15) is 5.69 Å². The number of hydrogen-bond donors (Lipinski definition) is 0. The molecule has 0 atom stereocenters. The second-order valence-corrected chi connectivity index (χ2v) is 4.60. The van der Waals surface area contributed by atoms with Crippen molar-refractivity contribution in [1.29, 1.82) is 0 Å². The van der Waals surface area contributed by atoms with Crippen molar-refractivity contribution in [3.63, 3.8) is 0 Å². The molecular weight excluding hydrogens is 273 g/mol. The van der Waals surface area contributed by atoms with Crippen LogP contribution in [-0.4, -0.2) is 16.2 Å². The summed E-state index contributed by atoms with van der Waals surface area (Å²) in [5, 5.41) is 5.13. The average molecular weight is 284 g/mol. The molecular formula is C12H11Cl2N3O. The molecule has 1 heterocycles. The molecule has 0 unspecified atom stereocenters. The maximum atomic E-state index is 11.3. The SMILES string of the molecule is Cc1nn(C)c(Cl)c1N(C=O)c1cccc(Cl)c1. The van der Waals surface area contributed by atoms with Gasteiger partial charge in [-0.25, -0.2) is 0 Å². The van der Waals surface area contributed by atoms with E-state index in [2.05, 4.69) is 5.10 Å². The van der Waals surface area contributed by atoms with Crippen molar-refractivity contribution in [3.05, 3.63) is 40.1 Å². The van der Waals surface area contributed by atoms with Crippen molar-refractivity contribution in [2.75, 3.05) is 4.90 Å². The number of carbonyl (C=O) groups excluding carboxylic acids is 1. The summed E-state index contributed by atoms with van der Waals surface area (Å²) in [4.78, 5) is 12.7. The first-order chi connectivity index (χ1) is 8.54. The Morgan fingerprint density at radius 2 is 2.11 bits per heavy atom. The van der Waals surface area contributed by atoms with Gasteiger partial charge in [-0.15, -0.1) is 0 Å². The summed E-state index contributed by atoms with van der Waals surface area (Å²) < 4.78 is 1.52. The van der Waals surface area contributed by atoms with Crippen molar-refractivity contribution in [2.45, 2.75) is 6.92 Å². The number of halogens is 2. The summed E-state index contributed by atoms with van der Waals surface area (Å²) in [5.74, 6) is 0. The summed E-state index contributed by atoms with van der Waals surface area (Å²) in [6, 6.07) is 6.99. The molecule has 0 N–H and O–H groups in total. The van der Waals surface area contributed by atoms with Gasteiger partial charge in [0.25, 0.3) is 0 Å². The highest BCUT2D eigenvalue weighted by molar-refractivity contribution is 6.33. The van der Waals surface area contributed by atoms with Crippen LogP contribution in [0.3, 0.4) is 0 Å². The summed E-state index contributed by atoms with van der Waals surface area (Å²) >= 11 is 12.1. The van der Waals surface area contributed by atoms with Crippen LogP contribution in [-0.2, 0) is 11.8 Å². The second kappa shape index (κ2) is 5.00. The minimum Gasteiger partial charge on any atom is -0.279 e. The molecule has 0 fully saturated rings. The summed E-state index contributed by atoms with van der Waals surface area (Å²) in [6.45, 7) is 1.79. The molecule has 1 amide bonds. The van der Waals surface area contributed by atoms with Gasteiger partial charge in [0.15, 0.2) is 5.15 Å². The Morgan fingerprint density at radius 3 is 2.61 bits per heavy atom. The molecule has 0 saturated heterocycles. The van der Waals surface area contributed by atoms with Gasteiger partial charge in [-0.2, -0.15) is 5.10 Å². The lowest BCUT2D eigenvalue weighted by atomic mass is 10.2. The minimum absolute atomic E-state index is 0.402. The monoisotopic (exact) mass is 283 g/mol. The predicted octanol–water partition coefficient (Wildman–Crippen LogP) is 3.33. The first kappa shape index (κ1) is 12.9. The molecule has 0 aliphatic rings. The smallest absolute Gasteiger partial charge is 0.218 e. The van der Waals surface area contributed by atoms with Crippen LogP contribution >= 0.6 is 23.2 Å². The molecule has 0 aliphatic carbocycles. The van der Waals surface area contributed by atoms with E-state index in [0.29, 0.717) is 33.7 Å². The largest absolute Gasteiger partial charge is 0.279 e. The van der Waals surface area contributed by atoms with E-state index < -0.39 is 0 Å². The van der Waals surface area contributed by atoms with Crippen molar-refractivity contribution in [3.8, 4) is 0 Å². The molecule has 1 aromatic heterocycles. The van der Waals surface area contributed by atoms with E-state index in [4.69, 9.17) is 23.2 Å². The Kier molecular flexibility index (Phi) is 3.59. The molecule has 0 bridgehead atoms. The lowest BCUT2D eigenvalue weighted by Gasteiger charge is -2.17. The van der Waals surface area contributed by atoms with Gasteiger partial charge in [-0.1, -0.05) is 29.3 Å². The van der Waals surface area contributed by atoms with E-state index in [-0.39, 0.29) is 0 Å². The molecule has 1 aromatic carbocycles. The van der Waals surface area contributed by atoms with Gasteiger partial charge in [-0.3, -0.25) is 14.4 Å². The number of aryl methyl sites for hydroxylation is 2. The second-order valence-electron chi connectivity index (χ2n) is 3.80. The van der Waals surface area contributed by atoms with Gasteiger partial charge < -0.3 is 0 Å². The Morgan fingerprint density at radius 1 is 1.39 bits per heavy atom. The molecule has 94 valence electrons. The molecule has 2 aromatic rings. The highest BCUT2D eigenvalue weighted by Gasteiger charge is 2.19. The summed E-state index contributed by atoms with van der Waals surface area (Å²) in [5.41, 5.74) is 1.89. The molecule has 0 spiro atoms. The summed E-state index contributed by atoms with van der Waals surface area (Å²) in [6.07, 6.45) is 0.696. The van der Waals surface area contributed by atoms with E-state index in [1.165, 1.54) is 9.58 Å². The molecule has 6 heteroatoms. The Balaban J connectivity index is 2.55. The van der Waals surface area contributed by atoms with Crippen LogP contribution in [0.4, 0.5) is 11.4 Å². The standard InChI is InChI=1S/C12H11Cl2N3O/c1-8-11(12(14)16(2)15-8)17(7-18)10-5-3-4-9(13)6-10/h3-7H,1-2H3. The fourth-order valence-electron chi connectivity index (χ4n) is 1.76. The van der Waals surface area contributed by atoms with E-state index in [0.717, 1.165) is 0 Å². The Hall–Kier alpha value is -1.52. The number of hydrogen-bond acceptors (Lipinski definition) is 2. The van der Waals surface area contributed by atoms with Crippen LogP contribution in [0.15, 0.2) is 24.3 Å². The van der Waals surface area contributed by atoms with E-state index in [9.17, 15) is 4.79 Å². The van der Waals surface area contributed by atoms with Gasteiger partial charge in [0.05, 0.1) is 11.4 Å². The van der Waals surface area contributed by atoms with E-state index >= 15 is 0 Å². The first-order valence-corrected chi connectivity index (χ1v) is 5.99. The third kappa shape index (κ3) is 2.21. The molecule has 0 aliphatic heterocycles. The van der Waals surface area contributed by atoms with E-state index in [1.54, 1.807) is 38.2 Å². The maximum Gasteiger partial charge on any atom is 0.218 e. The summed E-state index contributed by atoms with van der Waals surface area (Å²) in [7, 11) is 1.72. The fraction of sp³-hybridized carbons (Fsp3) is 0.167. The van der Waals surface area contributed by atoms with Gasteiger partial charge >= 0.3 is 0 Å². The zero-order valence-corrected chi connectivity index (χ0v) is 11.4. The Labute approximate surface area is 115 Å². The fourth-order valence-corrected chi connectivity index (χ4v) is 2.21. The van der Waals surface area contributed by atoms with Crippen molar-refractivity contribution in [2.24, 2.45) is 7.05 Å². The number of benzene rings is 1. The van der Waals surface area contributed by atoms with Gasteiger partial charge in [0, 0.05) is 12.1 Å². The predicted molar refractivity (Wildman–Crippen MR) is 72.6 cm³/mol. The van der Waals surface area contributed by atoms with Crippen LogP contribution in [0.5, 0.6) is 0 Å². The quantitative estimate of drug-likeness (QED) is 0.811. The van der Waals surface area contributed by atoms with Crippen molar-refractivity contribution < 1.29 is 4.79 Å². The molecule has 2 rings (SSSR count). The first-order valence-electron chi connectivity index (χ1n) is 5.23. The third-order valence-corrected chi connectivity index (χ3v) is 3.21. The third-order valence-electron chi connectivity index (χ3n) is 2.55. The zero-order valence-electron chi connectivity index (χ0n) is 9.89. The molecule has 0 saturated carbocycles. The molecule has 0 radical (unpaired) electrons. The normalized spacial score (nSPS) is 10.4. The zero-order chi connectivity index (χ0) is 13.3. The van der Waals surface area contributed by atoms with Crippen molar-refractivity contribution in [1.82, 2.24) is 9.78 Å². The van der Waals surface area contributed by atoms with Crippen LogP contribution in [0, 0.1) is 6.92 Å². The number of anilines is 2.